The second-order valence-corrected chi connectivity index (χ2v) is 6.64. The molecule has 3 N–H and O–H groups in total. The molecule has 0 bridgehead atoms. The maximum atomic E-state index is 12.8. The van der Waals surface area contributed by atoms with Crippen molar-refractivity contribution in [2.45, 2.75) is 45.2 Å². The maximum absolute atomic E-state index is 12.8. The first-order valence-electron chi connectivity index (χ1n) is 8.69. The molecule has 0 aromatic carbocycles. The monoisotopic (exact) mass is 326 g/mol. The number of morpholine rings is 1. The second kappa shape index (κ2) is 8.49. The highest BCUT2D eigenvalue weighted by Gasteiger charge is 2.38. The molecule has 0 radical (unpaired) electrons. The van der Waals surface area contributed by atoms with Gasteiger partial charge in [0.1, 0.15) is 6.04 Å². The fraction of sp³-hybridized carbons (Fsp3) is 0.875. The van der Waals surface area contributed by atoms with Gasteiger partial charge in [-0.05, 0) is 12.3 Å². The van der Waals surface area contributed by atoms with Crippen LogP contribution in [0, 0.1) is 5.92 Å². The molecule has 3 amide bonds. The molecule has 0 saturated carbocycles. The van der Waals surface area contributed by atoms with Gasteiger partial charge in [0.25, 0.3) is 0 Å². The Morgan fingerprint density at radius 2 is 2.00 bits per heavy atom. The van der Waals surface area contributed by atoms with Gasteiger partial charge in [0.15, 0.2) is 0 Å². The minimum absolute atomic E-state index is 0.000130. The molecular formula is C16H30N4O3. The van der Waals surface area contributed by atoms with Gasteiger partial charge in [0, 0.05) is 32.2 Å². The molecule has 2 saturated heterocycles. The lowest BCUT2D eigenvalue weighted by molar-refractivity contribution is -0.132. The lowest BCUT2D eigenvalue weighted by Crippen LogP contribution is -2.51. The first kappa shape index (κ1) is 18.0. The Hall–Kier alpha value is -1.34. The molecule has 132 valence electrons. The van der Waals surface area contributed by atoms with E-state index in [1.807, 2.05) is 4.90 Å². The number of hydrogen-bond donors (Lipinski definition) is 2. The minimum atomic E-state index is -0.628. The Bertz CT molecular complexity index is 412. The van der Waals surface area contributed by atoms with Crippen LogP contribution in [0.25, 0.3) is 0 Å². The molecule has 0 aromatic rings. The Labute approximate surface area is 138 Å². The van der Waals surface area contributed by atoms with E-state index in [-0.39, 0.29) is 5.91 Å². The van der Waals surface area contributed by atoms with Crippen LogP contribution in [0.2, 0.25) is 0 Å². The third kappa shape index (κ3) is 4.81. The number of carbonyl (C=O) groups excluding carboxylic acids is 2. The molecule has 0 unspecified atom stereocenters. The van der Waals surface area contributed by atoms with Crippen LogP contribution in [0.1, 0.15) is 33.1 Å². The zero-order valence-corrected chi connectivity index (χ0v) is 14.3. The fourth-order valence-corrected chi connectivity index (χ4v) is 3.57. The molecule has 2 aliphatic heterocycles. The number of rotatable bonds is 6. The van der Waals surface area contributed by atoms with E-state index < -0.39 is 12.1 Å². The summed E-state index contributed by atoms with van der Waals surface area (Å²) in [6, 6.07) is -0.747. The highest BCUT2D eigenvalue weighted by molar-refractivity contribution is 5.86. The summed E-state index contributed by atoms with van der Waals surface area (Å²) in [7, 11) is 0. The Kier molecular flexibility index (Phi) is 6.65. The lowest BCUT2D eigenvalue weighted by Gasteiger charge is -2.34. The number of unbranched alkanes of at least 4 members (excludes halogenated alkanes) is 1. The van der Waals surface area contributed by atoms with Crippen molar-refractivity contribution in [3.63, 3.8) is 0 Å². The number of nitrogens with one attached hydrogen (secondary N) is 1. The van der Waals surface area contributed by atoms with E-state index in [4.69, 9.17) is 10.5 Å². The summed E-state index contributed by atoms with van der Waals surface area (Å²) in [5.41, 5.74) is 5.23. The summed E-state index contributed by atoms with van der Waals surface area (Å²) in [4.78, 5) is 28.3. The molecule has 23 heavy (non-hydrogen) atoms. The van der Waals surface area contributed by atoms with Crippen LogP contribution in [0.3, 0.4) is 0 Å². The van der Waals surface area contributed by atoms with Gasteiger partial charge in [-0.3, -0.25) is 9.69 Å². The molecule has 0 spiro atoms. The van der Waals surface area contributed by atoms with Crippen molar-refractivity contribution in [3.05, 3.63) is 0 Å². The molecule has 2 rings (SSSR count). The second-order valence-electron chi connectivity index (χ2n) is 6.64. The third-order valence-electron chi connectivity index (χ3n) is 4.86. The number of amides is 3. The number of ether oxygens (including phenoxy) is 1. The predicted octanol–water partition coefficient (Wildman–Crippen LogP) is 0.393. The van der Waals surface area contributed by atoms with Crippen molar-refractivity contribution in [1.29, 1.82) is 0 Å². The summed E-state index contributed by atoms with van der Waals surface area (Å²) in [5, 5.41) is 2.61. The van der Waals surface area contributed by atoms with E-state index in [1.165, 1.54) is 0 Å². The number of primary amides is 1. The maximum Gasteiger partial charge on any atom is 0.312 e. The Balaban J connectivity index is 1.96. The van der Waals surface area contributed by atoms with E-state index in [0.29, 0.717) is 18.4 Å². The van der Waals surface area contributed by atoms with Gasteiger partial charge in [-0.25, -0.2) is 4.79 Å². The van der Waals surface area contributed by atoms with Gasteiger partial charge in [-0.1, -0.05) is 26.7 Å². The van der Waals surface area contributed by atoms with Crippen LogP contribution >= 0.6 is 0 Å². The predicted molar refractivity (Wildman–Crippen MR) is 88.0 cm³/mol. The van der Waals surface area contributed by atoms with Crippen LogP contribution in [-0.2, 0) is 9.53 Å². The van der Waals surface area contributed by atoms with E-state index >= 15 is 0 Å². The van der Waals surface area contributed by atoms with Crippen molar-refractivity contribution < 1.29 is 14.3 Å². The third-order valence-corrected chi connectivity index (χ3v) is 4.86. The SMILES string of the molecule is CCCC[C@H](NC(N)=O)C(=O)N1C[C@@H](C)[C@H](N2CCOCC2)C1. The van der Waals surface area contributed by atoms with Crippen molar-refractivity contribution in [3.8, 4) is 0 Å². The lowest BCUT2D eigenvalue weighted by atomic mass is 10.0. The number of carbonyl (C=O) groups is 2. The Morgan fingerprint density at radius 1 is 1.30 bits per heavy atom. The molecule has 7 heteroatoms. The topological polar surface area (TPSA) is 87.9 Å². The number of nitrogens with zero attached hydrogens (tertiary/aromatic N) is 2. The van der Waals surface area contributed by atoms with E-state index in [1.54, 1.807) is 0 Å². The molecular weight excluding hydrogens is 296 g/mol. The van der Waals surface area contributed by atoms with Gasteiger partial charge in [-0.15, -0.1) is 0 Å². The van der Waals surface area contributed by atoms with Crippen LogP contribution in [-0.4, -0.2) is 73.2 Å². The van der Waals surface area contributed by atoms with E-state index in [2.05, 4.69) is 24.1 Å². The average Bonchev–Trinajstić information content (AvgIpc) is 2.93. The quantitative estimate of drug-likeness (QED) is 0.739. The van der Waals surface area contributed by atoms with Crippen molar-refractivity contribution >= 4 is 11.9 Å². The smallest absolute Gasteiger partial charge is 0.312 e. The van der Waals surface area contributed by atoms with Crippen LogP contribution < -0.4 is 11.1 Å². The standard InChI is InChI=1S/C16H30N4O3/c1-3-4-5-13(18-16(17)22)15(21)20-10-12(2)14(11-20)19-6-8-23-9-7-19/h12-14H,3-11H2,1-2H3,(H3,17,18,22)/t12-,13+,14-/m1/s1. The summed E-state index contributed by atoms with van der Waals surface area (Å²) in [6.45, 7) is 9.10. The van der Waals surface area contributed by atoms with Crippen LogP contribution in [0.15, 0.2) is 0 Å². The molecule has 7 nitrogen and oxygen atoms in total. The molecule has 2 heterocycles. The number of hydrogen-bond acceptors (Lipinski definition) is 4. The van der Waals surface area contributed by atoms with Gasteiger partial charge >= 0.3 is 6.03 Å². The van der Waals surface area contributed by atoms with Gasteiger partial charge in [0.05, 0.1) is 13.2 Å². The van der Waals surface area contributed by atoms with Crippen molar-refractivity contribution in [1.82, 2.24) is 15.1 Å². The van der Waals surface area contributed by atoms with Crippen molar-refractivity contribution in [2.24, 2.45) is 11.7 Å². The van der Waals surface area contributed by atoms with Crippen LogP contribution in [0.4, 0.5) is 4.79 Å². The summed E-state index contributed by atoms with van der Waals surface area (Å²) in [5.74, 6) is 0.428. The molecule has 2 aliphatic rings. The summed E-state index contributed by atoms with van der Waals surface area (Å²) >= 11 is 0. The molecule has 3 atom stereocenters. The molecule has 0 aliphatic carbocycles. The number of urea groups is 1. The largest absolute Gasteiger partial charge is 0.379 e. The number of nitrogens with two attached hydrogens (primary N) is 1. The van der Waals surface area contributed by atoms with Crippen molar-refractivity contribution in [2.75, 3.05) is 39.4 Å². The number of likely N-dealkylation sites (tertiary alicyclic amines) is 1. The van der Waals surface area contributed by atoms with Gasteiger partial charge in [0.2, 0.25) is 5.91 Å². The summed E-state index contributed by atoms with van der Waals surface area (Å²) < 4.78 is 5.41. The van der Waals surface area contributed by atoms with E-state index in [9.17, 15) is 9.59 Å². The highest BCUT2D eigenvalue weighted by Crippen LogP contribution is 2.23. The first-order valence-corrected chi connectivity index (χ1v) is 8.69. The fourth-order valence-electron chi connectivity index (χ4n) is 3.57. The zero-order chi connectivity index (χ0) is 16.8. The van der Waals surface area contributed by atoms with Gasteiger partial charge in [-0.2, -0.15) is 0 Å². The normalized spacial score (nSPS) is 27.0. The van der Waals surface area contributed by atoms with E-state index in [0.717, 1.165) is 52.2 Å². The highest BCUT2D eigenvalue weighted by atomic mass is 16.5. The zero-order valence-electron chi connectivity index (χ0n) is 14.3. The average molecular weight is 326 g/mol. The van der Waals surface area contributed by atoms with Crippen LogP contribution in [0.5, 0.6) is 0 Å². The minimum Gasteiger partial charge on any atom is -0.379 e. The summed E-state index contributed by atoms with van der Waals surface area (Å²) in [6.07, 6.45) is 2.52. The first-order chi connectivity index (χ1) is 11.0. The molecule has 2 fully saturated rings. The Morgan fingerprint density at radius 3 is 2.61 bits per heavy atom. The molecule has 0 aromatic heterocycles. The van der Waals surface area contributed by atoms with Gasteiger partial charge < -0.3 is 20.7 Å².